The molecule has 0 saturated heterocycles. The highest BCUT2D eigenvalue weighted by Crippen LogP contribution is 2.12. The molecule has 0 amide bonds. The van der Waals surface area contributed by atoms with Crippen LogP contribution in [0.1, 0.15) is 29.5 Å². The van der Waals surface area contributed by atoms with Crippen molar-refractivity contribution in [3.63, 3.8) is 0 Å². The molecule has 1 aromatic heterocycles. The van der Waals surface area contributed by atoms with Crippen LogP contribution in [-0.2, 0) is 4.74 Å². The fraction of sp³-hybridized carbons (Fsp3) is 0.308. The van der Waals surface area contributed by atoms with Crippen LogP contribution in [0.5, 0.6) is 0 Å². The fourth-order valence-electron chi connectivity index (χ4n) is 1.60. The van der Waals surface area contributed by atoms with Gasteiger partial charge in [-0.3, -0.25) is 0 Å². The molecule has 0 fully saturated rings. The van der Waals surface area contributed by atoms with Crippen molar-refractivity contribution in [1.29, 1.82) is 0 Å². The molecule has 0 spiro atoms. The molecule has 0 atom stereocenters. The van der Waals surface area contributed by atoms with E-state index in [4.69, 9.17) is 4.74 Å². The van der Waals surface area contributed by atoms with E-state index in [9.17, 15) is 4.79 Å². The molecule has 0 bridgehead atoms. The first-order valence-electron chi connectivity index (χ1n) is 5.89. The molecule has 0 radical (unpaired) electrons. The van der Waals surface area contributed by atoms with Crippen molar-refractivity contribution in [2.45, 2.75) is 20.3 Å². The van der Waals surface area contributed by atoms with Crippen LogP contribution in [-0.4, -0.2) is 27.6 Å². The Morgan fingerprint density at radius 1 is 1.33 bits per heavy atom. The number of ether oxygens (including phenoxy) is 1. The van der Waals surface area contributed by atoms with Crippen LogP contribution < -0.4 is 0 Å². The van der Waals surface area contributed by atoms with E-state index >= 15 is 0 Å². The zero-order valence-electron chi connectivity index (χ0n) is 10.5. The average molecular weight is 245 g/mol. The summed E-state index contributed by atoms with van der Waals surface area (Å²) in [5.74, 6) is -0.420. The minimum absolute atomic E-state index is 0.271. The molecule has 5 heteroatoms. The largest absolute Gasteiger partial charge is 0.461 e. The standard InChI is InChI=1S/C13H15N3O2/c1-3-9-18-13(17)12-10(2)16(15-14-12)11-7-5-4-6-8-11/h4-8H,3,9H2,1-2H3. The second kappa shape index (κ2) is 5.44. The second-order valence-corrected chi connectivity index (χ2v) is 3.91. The number of benzene rings is 1. The lowest BCUT2D eigenvalue weighted by Gasteiger charge is -2.03. The fourth-order valence-corrected chi connectivity index (χ4v) is 1.60. The highest BCUT2D eigenvalue weighted by molar-refractivity contribution is 5.88. The lowest BCUT2D eigenvalue weighted by molar-refractivity contribution is 0.0497. The van der Waals surface area contributed by atoms with Gasteiger partial charge in [0, 0.05) is 0 Å². The van der Waals surface area contributed by atoms with Gasteiger partial charge >= 0.3 is 5.97 Å². The number of esters is 1. The first-order chi connectivity index (χ1) is 8.74. The summed E-state index contributed by atoms with van der Waals surface area (Å²) in [6, 6.07) is 9.55. The third kappa shape index (κ3) is 2.40. The Bertz CT molecular complexity index is 534. The maximum absolute atomic E-state index is 11.7. The Kier molecular flexibility index (Phi) is 3.72. The van der Waals surface area contributed by atoms with E-state index in [0.29, 0.717) is 12.3 Å². The molecule has 18 heavy (non-hydrogen) atoms. The smallest absolute Gasteiger partial charge is 0.360 e. The van der Waals surface area contributed by atoms with Gasteiger partial charge in [0.25, 0.3) is 0 Å². The summed E-state index contributed by atoms with van der Waals surface area (Å²) in [4.78, 5) is 11.7. The van der Waals surface area contributed by atoms with E-state index < -0.39 is 5.97 Å². The number of carbonyl (C=O) groups is 1. The second-order valence-electron chi connectivity index (χ2n) is 3.91. The van der Waals surface area contributed by atoms with E-state index in [0.717, 1.165) is 12.1 Å². The maximum atomic E-state index is 11.7. The number of hydrogen-bond donors (Lipinski definition) is 0. The predicted molar refractivity (Wildman–Crippen MR) is 66.7 cm³/mol. The Morgan fingerprint density at radius 3 is 2.72 bits per heavy atom. The first-order valence-corrected chi connectivity index (χ1v) is 5.89. The van der Waals surface area contributed by atoms with Gasteiger partial charge in [-0.25, -0.2) is 9.48 Å². The van der Waals surface area contributed by atoms with Gasteiger partial charge in [0.1, 0.15) is 0 Å². The molecule has 0 aliphatic rings. The van der Waals surface area contributed by atoms with Crippen molar-refractivity contribution in [3.8, 4) is 5.69 Å². The first kappa shape index (κ1) is 12.3. The molecule has 94 valence electrons. The molecule has 1 heterocycles. The van der Waals surface area contributed by atoms with Crippen LogP contribution in [0.4, 0.5) is 0 Å². The maximum Gasteiger partial charge on any atom is 0.360 e. The zero-order valence-corrected chi connectivity index (χ0v) is 10.5. The van der Waals surface area contributed by atoms with Crippen molar-refractivity contribution in [1.82, 2.24) is 15.0 Å². The molecule has 0 saturated carbocycles. The van der Waals surface area contributed by atoms with Gasteiger partial charge in [-0.05, 0) is 25.5 Å². The van der Waals surface area contributed by atoms with Crippen LogP contribution in [0.25, 0.3) is 5.69 Å². The summed E-state index contributed by atoms with van der Waals surface area (Å²) in [7, 11) is 0. The minimum atomic E-state index is -0.420. The molecule has 0 aliphatic carbocycles. The van der Waals surface area contributed by atoms with Crippen LogP contribution >= 0.6 is 0 Å². The van der Waals surface area contributed by atoms with E-state index in [2.05, 4.69) is 10.3 Å². The number of carbonyl (C=O) groups excluding carboxylic acids is 1. The van der Waals surface area contributed by atoms with Gasteiger partial charge in [0.2, 0.25) is 0 Å². The summed E-state index contributed by atoms with van der Waals surface area (Å²) >= 11 is 0. The van der Waals surface area contributed by atoms with Crippen LogP contribution in [0.2, 0.25) is 0 Å². The number of hydrogen-bond acceptors (Lipinski definition) is 4. The molecule has 1 aromatic carbocycles. The minimum Gasteiger partial charge on any atom is -0.461 e. The highest BCUT2D eigenvalue weighted by atomic mass is 16.5. The van der Waals surface area contributed by atoms with Gasteiger partial charge in [-0.1, -0.05) is 30.3 Å². The van der Waals surface area contributed by atoms with Crippen molar-refractivity contribution < 1.29 is 9.53 Å². The zero-order chi connectivity index (χ0) is 13.0. The molecule has 2 rings (SSSR count). The molecular formula is C13H15N3O2. The van der Waals surface area contributed by atoms with E-state index in [-0.39, 0.29) is 5.69 Å². The predicted octanol–water partition coefficient (Wildman–Crippen LogP) is 2.14. The van der Waals surface area contributed by atoms with Gasteiger partial charge < -0.3 is 4.74 Å². The van der Waals surface area contributed by atoms with Crippen LogP contribution in [0, 0.1) is 6.92 Å². The summed E-state index contributed by atoms with van der Waals surface area (Å²) in [6.07, 6.45) is 0.789. The van der Waals surface area contributed by atoms with Crippen molar-refractivity contribution in [2.24, 2.45) is 0 Å². The van der Waals surface area contributed by atoms with Crippen LogP contribution in [0.15, 0.2) is 30.3 Å². The van der Waals surface area contributed by atoms with Crippen molar-refractivity contribution >= 4 is 5.97 Å². The number of para-hydroxylation sites is 1. The third-order valence-electron chi connectivity index (χ3n) is 2.53. The monoisotopic (exact) mass is 245 g/mol. The van der Waals surface area contributed by atoms with Crippen molar-refractivity contribution in [3.05, 3.63) is 41.7 Å². The van der Waals surface area contributed by atoms with Gasteiger partial charge in [-0.2, -0.15) is 0 Å². The molecule has 0 unspecified atom stereocenters. The summed E-state index contributed by atoms with van der Waals surface area (Å²) in [5.41, 5.74) is 1.83. The van der Waals surface area contributed by atoms with Crippen LogP contribution in [0.3, 0.4) is 0 Å². The number of rotatable bonds is 4. The Morgan fingerprint density at radius 2 is 2.06 bits per heavy atom. The Balaban J connectivity index is 2.27. The molecule has 0 aliphatic heterocycles. The molecule has 5 nitrogen and oxygen atoms in total. The van der Waals surface area contributed by atoms with E-state index in [1.54, 1.807) is 11.6 Å². The lowest BCUT2D eigenvalue weighted by Crippen LogP contribution is -2.08. The molecule has 2 aromatic rings. The average Bonchev–Trinajstić information content (AvgIpc) is 2.79. The Labute approximate surface area is 105 Å². The lowest BCUT2D eigenvalue weighted by atomic mass is 10.3. The normalized spacial score (nSPS) is 10.3. The number of nitrogens with zero attached hydrogens (tertiary/aromatic N) is 3. The third-order valence-corrected chi connectivity index (χ3v) is 2.53. The van der Waals surface area contributed by atoms with E-state index in [1.807, 2.05) is 37.3 Å². The van der Waals surface area contributed by atoms with E-state index in [1.165, 1.54) is 0 Å². The van der Waals surface area contributed by atoms with Crippen molar-refractivity contribution in [2.75, 3.05) is 6.61 Å². The quantitative estimate of drug-likeness (QED) is 0.774. The Hall–Kier alpha value is -2.17. The van der Waals surface area contributed by atoms with Gasteiger partial charge in [0.15, 0.2) is 5.69 Å². The summed E-state index contributed by atoms with van der Waals surface area (Å²) < 4.78 is 6.68. The topological polar surface area (TPSA) is 57.0 Å². The number of aromatic nitrogens is 3. The SMILES string of the molecule is CCCOC(=O)c1nnn(-c2ccccc2)c1C. The highest BCUT2D eigenvalue weighted by Gasteiger charge is 2.18. The molecular weight excluding hydrogens is 230 g/mol. The van der Waals surface area contributed by atoms with Gasteiger partial charge in [-0.15, -0.1) is 5.10 Å². The summed E-state index contributed by atoms with van der Waals surface area (Å²) in [5, 5.41) is 7.86. The molecule has 0 N–H and O–H groups in total. The van der Waals surface area contributed by atoms with Gasteiger partial charge in [0.05, 0.1) is 18.0 Å². The summed E-state index contributed by atoms with van der Waals surface area (Å²) in [6.45, 7) is 4.15.